The van der Waals surface area contributed by atoms with Crippen molar-refractivity contribution in [2.24, 2.45) is 0 Å². The van der Waals surface area contributed by atoms with Crippen molar-refractivity contribution in [3.05, 3.63) is 42.2 Å². The number of hydrogen-bond acceptors (Lipinski definition) is 5. The summed E-state index contributed by atoms with van der Waals surface area (Å²) in [7, 11) is -3.64. The average Bonchev–Trinajstić information content (AvgIpc) is 2.73. The molecule has 0 aliphatic rings. The molecule has 6 nitrogen and oxygen atoms in total. The third kappa shape index (κ3) is 5.56. The van der Waals surface area contributed by atoms with E-state index in [1.54, 1.807) is 37.5 Å². The Kier molecular flexibility index (Phi) is 8.20. The predicted octanol–water partition coefficient (Wildman–Crippen LogP) is 4.65. The molecule has 0 saturated heterocycles. The van der Waals surface area contributed by atoms with Crippen LogP contribution in [-0.4, -0.2) is 43.3 Å². The number of hydrogen-bond donors (Lipinski definition) is 1. The van der Waals surface area contributed by atoms with Crippen LogP contribution >= 0.6 is 0 Å². The van der Waals surface area contributed by atoms with Crippen LogP contribution in [0.3, 0.4) is 0 Å². The summed E-state index contributed by atoms with van der Waals surface area (Å²) >= 11 is 0. The fraction of sp³-hybridized carbons (Fsp3) is 0.455. The molecule has 0 spiro atoms. The highest BCUT2D eigenvalue weighted by Crippen LogP contribution is 2.38. The van der Waals surface area contributed by atoms with Crippen LogP contribution in [0.5, 0.6) is 0 Å². The van der Waals surface area contributed by atoms with E-state index in [2.05, 4.69) is 23.7 Å². The van der Waals surface area contributed by atoms with Crippen LogP contribution in [0.4, 0.5) is 5.69 Å². The maximum atomic E-state index is 12.9. The van der Waals surface area contributed by atoms with Crippen molar-refractivity contribution in [1.82, 2.24) is 4.98 Å². The summed E-state index contributed by atoms with van der Waals surface area (Å²) in [5.41, 5.74) is 1.93. The first-order chi connectivity index (χ1) is 13.9. The lowest BCUT2D eigenvalue weighted by Crippen LogP contribution is -2.27. The number of carboxylic acids is 1. The normalized spacial score (nSPS) is 11.4. The van der Waals surface area contributed by atoms with Crippen LogP contribution in [0.15, 0.2) is 41.6 Å². The molecule has 0 atom stereocenters. The van der Waals surface area contributed by atoms with Crippen molar-refractivity contribution in [2.45, 2.75) is 51.3 Å². The minimum atomic E-state index is -3.64. The molecule has 2 aromatic rings. The second kappa shape index (κ2) is 10.4. The van der Waals surface area contributed by atoms with Crippen molar-refractivity contribution in [1.29, 1.82) is 0 Å². The zero-order chi connectivity index (χ0) is 21.4. The number of carbonyl (C=O) groups is 1. The van der Waals surface area contributed by atoms with Gasteiger partial charge in [0, 0.05) is 36.7 Å². The fourth-order valence-corrected chi connectivity index (χ4v) is 4.38. The minimum Gasteiger partial charge on any atom is -0.478 e. The summed E-state index contributed by atoms with van der Waals surface area (Å²) in [6.07, 6.45) is 7.10. The topological polar surface area (TPSA) is 87.6 Å². The molecular weight excluding hydrogens is 388 g/mol. The molecule has 0 bridgehead atoms. The highest BCUT2D eigenvalue weighted by molar-refractivity contribution is 7.91. The summed E-state index contributed by atoms with van der Waals surface area (Å²) in [5.74, 6) is -1.23. The Morgan fingerprint density at radius 1 is 1.03 bits per heavy atom. The van der Waals surface area contributed by atoms with Gasteiger partial charge in [-0.1, -0.05) is 33.6 Å². The number of rotatable bonds is 11. The summed E-state index contributed by atoms with van der Waals surface area (Å²) in [4.78, 5) is 18.0. The van der Waals surface area contributed by atoms with Crippen LogP contribution in [0, 0.1) is 0 Å². The van der Waals surface area contributed by atoms with Crippen LogP contribution < -0.4 is 4.90 Å². The lowest BCUT2D eigenvalue weighted by molar-refractivity contribution is 0.0696. The van der Waals surface area contributed by atoms with E-state index < -0.39 is 15.8 Å². The number of aromatic nitrogens is 1. The molecule has 1 aromatic heterocycles. The second-order valence-corrected chi connectivity index (χ2v) is 9.25. The largest absolute Gasteiger partial charge is 0.478 e. The summed E-state index contributed by atoms with van der Waals surface area (Å²) in [6.45, 7) is 7.25. The Balaban J connectivity index is 2.85. The van der Waals surface area contributed by atoms with Gasteiger partial charge in [0.05, 0.1) is 16.2 Å². The molecule has 0 radical (unpaired) electrons. The zero-order valence-corrected chi connectivity index (χ0v) is 18.2. The van der Waals surface area contributed by atoms with E-state index in [-0.39, 0.29) is 16.2 Å². The lowest BCUT2D eigenvalue weighted by atomic mass is 10.0. The third-order valence-corrected chi connectivity index (χ3v) is 6.67. The first-order valence-electron chi connectivity index (χ1n) is 10.1. The standard InChI is InChI=1S/C22H30N2O4S/c1-4-7-13-24(14-8-5-2)19-15-18(22(25)26)16-20(29(27,28)6-3)21(19)17-9-11-23-12-10-17/h9-12,15-16H,4-8,13-14H2,1-3H3,(H,25,26). The van der Waals surface area contributed by atoms with E-state index in [0.29, 0.717) is 11.3 Å². The number of pyridine rings is 1. The van der Waals surface area contributed by atoms with E-state index in [1.165, 1.54) is 6.07 Å². The second-order valence-electron chi connectivity index (χ2n) is 7.01. The van der Waals surface area contributed by atoms with Gasteiger partial charge < -0.3 is 10.0 Å². The van der Waals surface area contributed by atoms with Crippen molar-refractivity contribution >= 4 is 21.5 Å². The minimum absolute atomic E-state index is 0.0113. The van der Waals surface area contributed by atoms with Crippen LogP contribution in [-0.2, 0) is 9.84 Å². The molecule has 1 aromatic carbocycles. The highest BCUT2D eigenvalue weighted by atomic mass is 32.2. The predicted molar refractivity (Wildman–Crippen MR) is 116 cm³/mol. The van der Waals surface area contributed by atoms with Crippen LogP contribution in [0.1, 0.15) is 56.8 Å². The molecule has 1 N–H and O–H groups in total. The molecule has 0 saturated carbocycles. The number of aromatic carboxylic acids is 1. The SMILES string of the molecule is CCCCN(CCCC)c1cc(C(=O)O)cc(S(=O)(=O)CC)c1-c1ccncc1. The molecule has 0 amide bonds. The Hall–Kier alpha value is -2.41. The first-order valence-corrected chi connectivity index (χ1v) is 11.8. The zero-order valence-electron chi connectivity index (χ0n) is 17.4. The average molecular weight is 419 g/mol. The van der Waals surface area contributed by atoms with Gasteiger partial charge in [-0.05, 0) is 42.7 Å². The molecule has 2 rings (SSSR count). The molecule has 0 aliphatic carbocycles. The Morgan fingerprint density at radius 3 is 2.10 bits per heavy atom. The molecule has 0 aliphatic heterocycles. The van der Waals surface area contributed by atoms with E-state index in [0.717, 1.165) is 44.3 Å². The molecular formula is C22H30N2O4S. The van der Waals surface area contributed by atoms with Crippen LogP contribution in [0.25, 0.3) is 11.1 Å². The summed E-state index contributed by atoms with van der Waals surface area (Å²) in [5, 5.41) is 9.64. The Morgan fingerprint density at radius 2 is 1.62 bits per heavy atom. The number of nitrogens with zero attached hydrogens (tertiary/aromatic N) is 2. The van der Waals surface area contributed by atoms with Crippen molar-refractivity contribution in [2.75, 3.05) is 23.7 Å². The molecule has 29 heavy (non-hydrogen) atoms. The Bertz CT molecular complexity index is 919. The van der Waals surface area contributed by atoms with Gasteiger partial charge in [-0.25, -0.2) is 13.2 Å². The number of unbranched alkanes of at least 4 members (excludes halogenated alkanes) is 2. The number of sulfone groups is 1. The van der Waals surface area contributed by atoms with Crippen LogP contribution in [0.2, 0.25) is 0 Å². The van der Waals surface area contributed by atoms with E-state index in [9.17, 15) is 18.3 Å². The molecule has 0 fully saturated rings. The third-order valence-electron chi connectivity index (χ3n) is 4.92. The number of anilines is 1. The van der Waals surface area contributed by atoms with Gasteiger partial charge in [0.1, 0.15) is 0 Å². The maximum absolute atomic E-state index is 12.9. The van der Waals surface area contributed by atoms with Gasteiger partial charge in [-0.3, -0.25) is 4.98 Å². The number of carboxylic acid groups (broad SMARTS) is 1. The molecule has 0 unspecified atom stereocenters. The van der Waals surface area contributed by atoms with E-state index in [4.69, 9.17) is 0 Å². The van der Waals surface area contributed by atoms with Gasteiger partial charge in [-0.15, -0.1) is 0 Å². The smallest absolute Gasteiger partial charge is 0.335 e. The van der Waals surface area contributed by atoms with Gasteiger partial charge in [0.15, 0.2) is 9.84 Å². The van der Waals surface area contributed by atoms with E-state index in [1.807, 2.05) is 0 Å². The quantitative estimate of drug-likeness (QED) is 0.572. The molecule has 7 heteroatoms. The number of benzene rings is 1. The Labute approximate surface area is 173 Å². The summed E-state index contributed by atoms with van der Waals surface area (Å²) < 4.78 is 25.9. The maximum Gasteiger partial charge on any atom is 0.335 e. The first kappa shape index (κ1) is 22.9. The molecule has 1 heterocycles. The van der Waals surface area contributed by atoms with Gasteiger partial charge in [-0.2, -0.15) is 0 Å². The van der Waals surface area contributed by atoms with Gasteiger partial charge >= 0.3 is 5.97 Å². The monoisotopic (exact) mass is 418 g/mol. The molecule has 158 valence electrons. The van der Waals surface area contributed by atoms with Crippen molar-refractivity contribution < 1.29 is 18.3 Å². The fourth-order valence-electron chi connectivity index (χ4n) is 3.23. The van der Waals surface area contributed by atoms with Crippen molar-refractivity contribution in [3.63, 3.8) is 0 Å². The highest BCUT2D eigenvalue weighted by Gasteiger charge is 2.26. The summed E-state index contributed by atoms with van der Waals surface area (Å²) in [6, 6.07) is 6.44. The lowest BCUT2D eigenvalue weighted by Gasteiger charge is -2.29. The van der Waals surface area contributed by atoms with Gasteiger partial charge in [0.2, 0.25) is 0 Å². The van der Waals surface area contributed by atoms with Gasteiger partial charge in [0.25, 0.3) is 0 Å². The van der Waals surface area contributed by atoms with E-state index >= 15 is 0 Å². The van der Waals surface area contributed by atoms with Crippen molar-refractivity contribution in [3.8, 4) is 11.1 Å².